The molecule has 0 radical (unpaired) electrons. The molecule has 7 heteroatoms. The van der Waals surface area contributed by atoms with E-state index in [9.17, 15) is 0 Å². The van der Waals surface area contributed by atoms with Crippen LogP contribution in [0.5, 0.6) is 5.75 Å². The lowest BCUT2D eigenvalue weighted by Crippen LogP contribution is -2.44. The Bertz CT molecular complexity index is 580. The monoisotopic (exact) mass is 508 g/mol. The molecule has 1 heterocycles. The molecule has 0 spiro atoms. The van der Waals surface area contributed by atoms with E-state index in [4.69, 9.17) is 4.74 Å². The summed E-state index contributed by atoms with van der Waals surface area (Å²) < 4.78 is 6.36. The summed E-state index contributed by atoms with van der Waals surface area (Å²) in [5, 5.41) is 6.95. The highest BCUT2D eigenvalue weighted by Gasteiger charge is 2.34. The van der Waals surface area contributed by atoms with Crippen molar-refractivity contribution in [2.45, 2.75) is 37.9 Å². The van der Waals surface area contributed by atoms with Crippen molar-refractivity contribution in [1.82, 2.24) is 15.5 Å². The van der Waals surface area contributed by atoms with Gasteiger partial charge in [0.15, 0.2) is 5.96 Å². The predicted molar refractivity (Wildman–Crippen MR) is 112 cm³/mol. The second-order valence-corrected chi connectivity index (χ2v) is 7.09. The minimum absolute atomic E-state index is 0. The van der Waals surface area contributed by atoms with Gasteiger partial charge >= 0.3 is 0 Å². The van der Waals surface area contributed by atoms with E-state index in [1.165, 1.54) is 25.8 Å². The number of nitrogens with zero attached hydrogens (tertiary/aromatic N) is 2. The van der Waals surface area contributed by atoms with Gasteiger partial charge in [-0.1, -0.05) is 15.9 Å². The van der Waals surface area contributed by atoms with Gasteiger partial charge in [0.05, 0.1) is 7.11 Å². The fraction of sp³-hybridized carbons (Fsp3) is 0.588. The SMILES string of the molecule is CN=C(NCc1cc(OC)ccc1Br)NC1CCN(C2CC2)C1.I. The predicted octanol–water partition coefficient (Wildman–Crippen LogP) is 2.98. The number of guanidine groups is 1. The number of benzene rings is 1. The first-order valence-electron chi connectivity index (χ1n) is 8.23. The first kappa shape index (κ1) is 19.8. The van der Waals surface area contributed by atoms with Crippen LogP contribution < -0.4 is 15.4 Å². The van der Waals surface area contributed by atoms with Crippen LogP contribution in [0.15, 0.2) is 27.7 Å². The van der Waals surface area contributed by atoms with E-state index < -0.39 is 0 Å². The zero-order valence-electron chi connectivity index (χ0n) is 14.2. The van der Waals surface area contributed by atoms with E-state index in [2.05, 4.69) is 36.5 Å². The van der Waals surface area contributed by atoms with Gasteiger partial charge in [-0.25, -0.2) is 0 Å². The summed E-state index contributed by atoms with van der Waals surface area (Å²) in [7, 11) is 3.51. The Labute approximate surface area is 169 Å². The third-order valence-corrected chi connectivity index (χ3v) is 5.32. The molecule has 3 rings (SSSR count). The van der Waals surface area contributed by atoms with E-state index >= 15 is 0 Å². The van der Waals surface area contributed by atoms with Crippen LogP contribution in [0.4, 0.5) is 0 Å². The van der Waals surface area contributed by atoms with Gasteiger partial charge in [0, 0.05) is 43.2 Å². The van der Waals surface area contributed by atoms with Gasteiger partial charge in [0.25, 0.3) is 0 Å². The molecule has 1 saturated carbocycles. The average molecular weight is 509 g/mol. The van der Waals surface area contributed by atoms with Crippen molar-refractivity contribution in [1.29, 1.82) is 0 Å². The van der Waals surface area contributed by atoms with Gasteiger partial charge in [-0.15, -0.1) is 24.0 Å². The summed E-state index contributed by atoms with van der Waals surface area (Å²) >= 11 is 3.59. The van der Waals surface area contributed by atoms with Gasteiger partial charge in [0.2, 0.25) is 0 Å². The van der Waals surface area contributed by atoms with Gasteiger partial charge in [-0.2, -0.15) is 0 Å². The van der Waals surface area contributed by atoms with E-state index in [-0.39, 0.29) is 24.0 Å². The Balaban J connectivity index is 0.00000208. The molecular formula is C17H26BrIN4O. The van der Waals surface area contributed by atoms with Crippen LogP contribution in [0.3, 0.4) is 0 Å². The highest BCUT2D eigenvalue weighted by Crippen LogP contribution is 2.29. The first-order chi connectivity index (χ1) is 11.2. The van der Waals surface area contributed by atoms with Crippen molar-refractivity contribution < 1.29 is 4.74 Å². The second-order valence-electron chi connectivity index (χ2n) is 6.24. The van der Waals surface area contributed by atoms with Crippen LogP contribution in [0.2, 0.25) is 0 Å². The normalized spacial score (nSPS) is 21.3. The molecule has 0 aromatic heterocycles. The Kier molecular flexibility index (Phi) is 7.61. The molecule has 1 aliphatic heterocycles. The Morgan fingerprint density at radius 2 is 2.17 bits per heavy atom. The standard InChI is InChI=1S/C17H25BrN4O.HI/c1-19-17(21-13-7-8-22(11-13)14-3-4-14)20-10-12-9-15(23-2)5-6-16(12)18;/h5-6,9,13-14H,3-4,7-8,10-11H2,1-2H3,(H2,19,20,21);1H. The fourth-order valence-corrected chi connectivity index (χ4v) is 3.44. The van der Waals surface area contributed by atoms with Crippen molar-refractivity contribution in [3.05, 3.63) is 28.2 Å². The average Bonchev–Trinajstić information content (AvgIpc) is 3.32. The van der Waals surface area contributed by atoms with Crippen LogP contribution in [0.25, 0.3) is 0 Å². The summed E-state index contributed by atoms with van der Waals surface area (Å²) in [5.74, 6) is 1.73. The van der Waals surface area contributed by atoms with Crippen LogP contribution in [-0.2, 0) is 6.54 Å². The Hall–Kier alpha value is -0.540. The number of methoxy groups -OCH3 is 1. The fourth-order valence-electron chi connectivity index (χ4n) is 3.06. The molecule has 1 atom stereocenters. The summed E-state index contributed by atoms with van der Waals surface area (Å²) in [6, 6.07) is 7.34. The molecule has 1 unspecified atom stereocenters. The van der Waals surface area contributed by atoms with Gasteiger partial charge in [0.1, 0.15) is 5.75 Å². The smallest absolute Gasteiger partial charge is 0.191 e. The quantitative estimate of drug-likeness (QED) is 0.364. The molecule has 0 bridgehead atoms. The van der Waals surface area contributed by atoms with Crippen LogP contribution in [0.1, 0.15) is 24.8 Å². The molecule has 2 fully saturated rings. The second kappa shape index (κ2) is 9.24. The van der Waals surface area contributed by atoms with E-state index in [1.807, 2.05) is 25.2 Å². The molecule has 24 heavy (non-hydrogen) atoms. The molecular weight excluding hydrogens is 483 g/mol. The third kappa shape index (κ3) is 5.23. The van der Waals surface area contributed by atoms with E-state index in [0.717, 1.165) is 34.3 Å². The van der Waals surface area contributed by atoms with Crippen molar-refractivity contribution >= 4 is 45.9 Å². The largest absolute Gasteiger partial charge is 0.497 e. The number of halogens is 2. The number of hydrogen-bond acceptors (Lipinski definition) is 3. The number of hydrogen-bond donors (Lipinski definition) is 2. The molecule has 5 nitrogen and oxygen atoms in total. The van der Waals surface area contributed by atoms with Crippen molar-refractivity contribution in [2.75, 3.05) is 27.2 Å². The highest BCUT2D eigenvalue weighted by molar-refractivity contribution is 14.0. The van der Waals surface area contributed by atoms with Crippen molar-refractivity contribution in [3.8, 4) is 5.75 Å². The van der Waals surface area contributed by atoms with E-state index in [1.54, 1.807) is 7.11 Å². The van der Waals surface area contributed by atoms with Gasteiger partial charge < -0.3 is 15.4 Å². The number of likely N-dealkylation sites (tertiary alicyclic amines) is 1. The minimum Gasteiger partial charge on any atom is -0.497 e. The molecule has 1 aliphatic carbocycles. The molecule has 2 N–H and O–H groups in total. The first-order valence-corrected chi connectivity index (χ1v) is 9.02. The summed E-state index contributed by atoms with van der Waals surface area (Å²) in [6.07, 6.45) is 3.95. The summed E-state index contributed by atoms with van der Waals surface area (Å²) in [5.41, 5.74) is 1.15. The number of ether oxygens (including phenoxy) is 1. The lowest BCUT2D eigenvalue weighted by atomic mass is 10.2. The number of rotatable bonds is 5. The Morgan fingerprint density at radius 3 is 2.83 bits per heavy atom. The molecule has 2 aliphatic rings. The molecule has 1 saturated heterocycles. The van der Waals surface area contributed by atoms with Gasteiger partial charge in [-0.05, 0) is 43.0 Å². The molecule has 1 aromatic rings. The van der Waals surface area contributed by atoms with Gasteiger partial charge in [-0.3, -0.25) is 9.89 Å². The van der Waals surface area contributed by atoms with Crippen LogP contribution in [0, 0.1) is 0 Å². The topological polar surface area (TPSA) is 48.9 Å². The maximum atomic E-state index is 5.29. The Morgan fingerprint density at radius 1 is 1.38 bits per heavy atom. The molecule has 134 valence electrons. The van der Waals surface area contributed by atoms with Crippen LogP contribution in [-0.4, -0.2) is 50.2 Å². The third-order valence-electron chi connectivity index (χ3n) is 4.55. The van der Waals surface area contributed by atoms with E-state index in [0.29, 0.717) is 12.6 Å². The maximum Gasteiger partial charge on any atom is 0.191 e. The van der Waals surface area contributed by atoms with Crippen molar-refractivity contribution in [3.63, 3.8) is 0 Å². The molecule has 0 amide bonds. The lowest BCUT2D eigenvalue weighted by molar-refractivity contribution is 0.321. The molecule has 1 aromatic carbocycles. The zero-order valence-corrected chi connectivity index (χ0v) is 18.1. The highest BCUT2D eigenvalue weighted by atomic mass is 127. The van der Waals surface area contributed by atoms with Crippen molar-refractivity contribution in [2.24, 2.45) is 4.99 Å². The zero-order chi connectivity index (χ0) is 16.2. The lowest BCUT2D eigenvalue weighted by Gasteiger charge is -2.19. The minimum atomic E-state index is 0. The summed E-state index contributed by atoms with van der Waals surface area (Å²) in [4.78, 5) is 6.95. The van der Waals surface area contributed by atoms with Crippen LogP contribution >= 0.6 is 39.9 Å². The number of nitrogens with one attached hydrogen (secondary N) is 2. The summed E-state index contributed by atoms with van der Waals surface area (Å²) in [6.45, 7) is 3.05. The number of aliphatic imine (C=N–C) groups is 1. The maximum absolute atomic E-state index is 5.29.